The summed E-state index contributed by atoms with van der Waals surface area (Å²) in [5.74, 6) is 0.606. The zero-order chi connectivity index (χ0) is 21.4. The van der Waals surface area contributed by atoms with Crippen molar-refractivity contribution in [2.45, 2.75) is 12.5 Å². The number of anilines is 2. The minimum absolute atomic E-state index is 0.112. The van der Waals surface area contributed by atoms with Gasteiger partial charge in [-0.3, -0.25) is 14.5 Å². The maximum Gasteiger partial charge on any atom is 0.251 e. The number of rotatable bonds is 4. The van der Waals surface area contributed by atoms with Gasteiger partial charge in [-0.2, -0.15) is 0 Å². The lowest BCUT2D eigenvalue weighted by Crippen LogP contribution is -2.52. The molecule has 0 N–H and O–H groups in total. The molecule has 31 heavy (non-hydrogen) atoms. The zero-order valence-electron chi connectivity index (χ0n) is 17.5. The monoisotopic (exact) mass is 415 g/mol. The maximum atomic E-state index is 13.3. The SMILES string of the molecule is COc1ccc(N2CCN([C@H]3CC(=O)N(c4cccc5ccccc45)C3=O)CC2)cc1. The van der Waals surface area contributed by atoms with Crippen LogP contribution in [0, 0.1) is 0 Å². The van der Waals surface area contributed by atoms with Crippen LogP contribution in [0.2, 0.25) is 0 Å². The Kier molecular flexibility index (Phi) is 5.08. The summed E-state index contributed by atoms with van der Waals surface area (Å²) in [5, 5.41) is 1.95. The average molecular weight is 415 g/mol. The summed E-state index contributed by atoms with van der Waals surface area (Å²) in [4.78, 5) is 32.1. The number of benzene rings is 3. The molecule has 0 unspecified atom stereocenters. The maximum absolute atomic E-state index is 13.3. The lowest BCUT2D eigenvalue weighted by atomic mass is 10.1. The van der Waals surface area contributed by atoms with Crippen LogP contribution in [0.1, 0.15) is 6.42 Å². The van der Waals surface area contributed by atoms with E-state index in [9.17, 15) is 9.59 Å². The second-order valence-corrected chi connectivity index (χ2v) is 8.01. The lowest BCUT2D eigenvalue weighted by molar-refractivity contribution is -0.123. The molecule has 1 atom stereocenters. The zero-order valence-corrected chi connectivity index (χ0v) is 17.5. The third-order valence-corrected chi connectivity index (χ3v) is 6.32. The van der Waals surface area contributed by atoms with Crippen molar-refractivity contribution in [3.8, 4) is 5.75 Å². The molecular weight excluding hydrogens is 390 g/mol. The number of hydrogen-bond acceptors (Lipinski definition) is 5. The summed E-state index contributed by atoms with van der Waals surface area (Å²) in [5.41, 5.74) is 1.83. The predicted octanol–water partition coefficient (Wildman–Crippen LogP) is 3.30. The Hall–Kier alpha value is -3.38. The van der Waals surface area contributed by atoms with Crippen molar-refractivity contribution in [3.05, 3.63) is 66.7 Å². The number of imide groups is 1. The van der Waals surface area contributed by atoms with Gasteiger partial charge >= 0.3 is 0 Å². The molecule has 2 saturated heterocycles. The van der Waals surface area contributed by atoms with Crippen LogP contribution >= 0.6 is 0 Å². The van der Waals surface area contributed by atoms with Crippen LogP contribution in [0.4, 0.5) is 11.4 Å². The van der Waals surface area contributed by atoms with Gasteiger partial charge in [-0.25, -0.2) is 4.90 Å². The van der Waals surface area contributed by atoms with Gasteiger partial charge in [0.25, 0.3) is 5.91 Å². The highest BCUT2D eigenvalue weighted by molar-refractivity contribution is 6.25. The number of hydrogen-bond donors (Lipinski definition) is 0. The highest BCUT2D eigenvalue weighted by Gasteiger charge is 2.43. The van der Waals surface area contributed by atoms with Crippen molar-refractivity contribution in [2.75, 3.05) is 43.1 Å². The van der Waals surface area contributed by atoms with E-state index in [4.69, 9.17) is 4.74 Å². The van der Waals surface area contributed by atoms with Gasteiger partial charge in [0, 0.05) is 37.3 Å². The van der Waals surface area contributed by atoms with Gasteiger partial charge in [0.15, 0.2) is 0 Å². The summed E-state index contributed by atoms with van der Waals surface area (Å²) in [7, 11) is 1.66. The fourth-order valence-corrected chi connectivity index (χ4v) is 4.64. The predicted molar refractivity (Wildman–Crippen MR) is 122 cm³/mol. The molecule has 2 aliphatic rings. The van der Waals surface area contributed by atoms with Crippen LogP contribution < -0.4 is 14.5 Å². The molecule has 0 spiro atoms. The normalized spacial score (nSPS) is 20.0. The van der Waals surface area contributed by atoms with E-state index in [1.807, 2.05) is 54.6 Å². The molecular formula is C25H25N3O3. The largest absolute Gasteiger partial charge is 0.497 e. The molecule has 2 amide bonds. The van der Waals surface area contributed by atoms with E-state index in [0.717, 1.165) is 48.4 Å². The van der Waals surface area contributed by atoms with Crippen LogP contribution in [0.3, 0.4) is 0 Å². The number of methoxy groups -OCH3 is 1. The van der Waals surface area contributed by atoms with Crippen molar-refractivity contribution >= 4 is 34.0 Å². The second kappa shape index (κ2) is 8.04. The Morgan fingerprint density at radius 1 is 0.839 bits per heavy atom. The summed E-state index contributed by atoms with van der Waals surface area (Å²) >= 11 is 0. The van der Waals surface area contributed by atoms with Crippen molar-refractivity contribution < 1.29 is 14.3 Å². The van der Waals surface area contributed by atoms with Gasteiger partial charge in [0.1, 0.15) is 5.75 Å². The first kappa shape index (κ1) is 19.6. The third-order valence-electron chi connectivity index (χ3n) is 6.32. The third kappa shape index (κ3) is 3.53. The first-order chi connectivity index (χ1) is 15.2. The summed E-state index contributed by atoms with van der Waals surface area (Å²) in [6, 6.07) is 21.3. The van der Waals surface area contributed by atoms with Gasteiger partial charge in [-0.15, -0.1) is 0 Å². The molecule has 158 valence electrons. The number of fused-ring (bicyclic) bond motifs is 1. The van der Waals surface area contributed by atoms with Crippen molar-refractivity contribution in [1.82, 2.24) is 4.90 Å². The molecule has 0 saturated carbocycles. The van der Waals surface area contributed by atoms with Crippen LogP contribution in [-0.2, 0) is 9.59 Å². The first-order valence-corrected chi connectivity index (χ1v) is 10.6. The van der Waals surface area contributed by atoms with E-state index in [1.54, 1.807) is 7.11 Å². The van der Waals surface area contributed by atoms with Gasteiger partial charge in [0.2, 0.25) is 5.91 Å². The molecule has 2 fully saturated rings. The molecule has 0 bridgehead atoms. The smallest absolute Gasteiger partial charge is 0.251 e. The minimum atomic E-state index is -0.385. The second-order valence-electron chi connectivity index (χ2n) is 8.01. The minimum Gasteiger partial charge on any atom is -0.497 e. The quantitative estimate of drug-likeness (QED) is 0.612. The number of piperazine rings is 1. The highest BCUT2D eigenvalue weighted by Crippen LogP contribution is 2.32. The van der Waals surface area contributed by atoms with E-state index in [1.165, 1.54) is 4.90 Å². The van der Waals surface area contributed by atoms with E-state index < -0.39 is 0 Å². The summed E-state index contributed by atoms with van der Waals surface area (Å²) in [6.07, 6.45) is 0.241. The Labute approximate surface area is 181 Å². The van der Waals surface area contributed by atoms with Crippen molar-refractivity contribution in [3.63, 3.8) is 0 Å². The van der Waals surface area contributed by atoms with E-state index >= 15 is 0 Å². The topological polar surface area (TPSA) is 53.1 Å². The van der Waals surface area contributed by atoms with Gasteiger partial charge in [-0.1, -0.05) is 36.4 Å². The van der Waals surface area contributed by atoms with Crippen molar-refractivity contribution in [1.29, 1.82) is 0 Å². The molecule has 0 aromatic heterocycles. The highest BCUT2D eigenvalue weighted by atomic mass is 16.5. The number of amides is 2. The number of ether oxygens (including phenoxy) is 1. The Bertz CT molecular complexity index is 1120. The fraction of sp³-hybridized carbons (Fsp3) is 0.280. The van der Waals surface area contributed by atoms with Crippen LogP contribution in [0.5, 0.6) is 5.75 Å². The number of carbonyl (C=O) groups is 2. The lowest BCUT2D eigenvalue weighted by Gasteiger charge is -2.38. The fourth-order valence-electron chi connectivity index (χ4n) is 4.64. The average Bonchev–Trinajstić information content (AvgIpc) is 3.12. The first-order valence-electron chi connectivity index (χ1n) is 10.6. The molecule has 5 rings (SSSR count). The van der Waals surface area contributed by atoms with E-state index in [0.29, 0.717) is 5.69 Å². The van der Waals surface area contributed by atoms with E-state index in [2.05, 4.69) is 21.9 Å². The summed E-state index contributed by atoms with van der Waals surface area (Å²) in [6.45, 7) is 3.13. The Morgan fingerprint density at radius 3 is 2.29 bits per heavy atom. The Morgan fingerprint density at radius 2 is 1.55 bits per heavy atom. The number of nitrogens with zero attached hydrogens (tertiary/aromatic N) is 3. The van der Waals surface area contributed by atoms with Crippen LogP contribution in [-0.4, -0.2) is 56.0 Å². The van der Waals surface area contributed by atoms with Gasteiger partial charge in [-0.05, 0) is 35.7 Å². The molecule has 0 aliphatic carbocycles. The summed E-state index contributed by atoms with van der Waals surface area (Å²) < 4.78 is 5.24. The Balaban J connectivity index is 1.31. The molecule has 3 aromatic carbocycles. The molecule has 0 radical (unpaired) electrons. The standard InChI is InChI=1S/C25H25N3O3/c1-31-20-11-9-19(10-12-20)26-13-15-27(16-14-26)23-17-24(29)28(25(23)30)22-8-4-6-18-5-2-3-7-21(18)22/h2-12,23H,13-17H2,1H3/t23-/m0/s1. The van der Waals surface area contributed by atoms with Gasteiger partial charge in [0.05, 0.1) is 25.3 Å². The van der Waals surface area contributed by atoms with E-state index in [-0.39, 0.29) is 24.3 Å². The number of carbonyl (C=O) groups excluding carboxylic acids is 2. The molecule has 6 nitrogen and oxygen atoms in total. The van der Waals surface area contributed by atoms with Crippen molar-refractivity contribution in [2.24, 2.45) is 0 Å². The van der Waals surface area contributed by atoms with Crippen LogP contribution in [0.15, 0.2) is 66.7 Å². The van der Waals surface area contributed by atoms with Crippen LogP contribution in [0.25, 0.3) is 10.8 Å². The molecule has 6 heteroatoms. The molecule has 2 aliphatic heterocycles. The molecule has 3 aromatic rings. The van der Waals surface area contributed by atoms with Gasteiger partial charge < -0.3 is 9.64 Å². The molecule has 2 heterocycles.